The number of carbonyl (C=O) groups excluding carboxylic acids is 2. The average molecular weight is 543 g/mol. The zero-order chi connectivity index (χ0) is 26.9. The Morgan fingerprint density at radius 3 is 2.47 bits per heavy atom. The molecule has 13 heteroatoms. The minimum atomic E-state index is -0.828. The van der Waals surface area contributed by atoms with E-state index >= 15 is 0 Å². The second-order valence-electron chi connectivity index (χ2n) is 8.15. The number of aliphatic hydroxyl groups excluding tert-OH is 1. The first-order chi connectivity index (χ1) is 18.5. The van der Waals surface area contributed by atoms with Crippen molar-refractivity contribution >= 4 is 29.4 Å². The van der Waals surface area contributed by atoms with Gasteiger partial charge in [0, 0.05) is 23.9 Å². The van der Waals surface area contributed by atoms with Crippen molar-refractivity contribution in [2.75, 3.05) is 32.4 Å². The van der Waals surface area contributed by atoms with E-state index in [2.05, 4.69) is 20.8 Å². The van der Waals surface area contributed by atoms with Crippen molar-refractivity contribution in [3.63, 3.8) is 0 Å². The maximum absolute atomic E-state index is 13.4. The third-order valence-corrected chi connectivity index (χ3v) is 5.71. The Balaban J connectivity index is 1.46. The number of rotatable bonds is 12. The van der Waals surface area contributed by atoms with Gasteiger partial charge in [0.05, 0.1) is 32.0 Å². The molecule has 12 nitrogen and oxygen atoms in total. The van der Waals surface area contributed by atoms with Crippen LogP contribution in [0.25, 0.3) is 0 Å². The van der Waals surface area contributed by atoms with Crippen molar-refractivity contribution in [2.24, 2.45) is 0 Å². The van der Waals surface area contributed by atoms with Crippen molar-refractivity contribution in [1.82, 2.24) is 25.3 Å². The highest BCUT2D eigenvalue weighted by molar-refractivity contribution is 6.30. The largest absolute Gasteiger partial charge is 0.438 e. The molecule has 0 saturated carbocycles. The van der Waals surface area contributed by atoms with Gasteiger partial charge >= 0.3 is 12.1 Å². The van der Waals surface area contributed by atoms with Gasteiger partial charge in [-0.25, -0.2) is 14.5 Å². The van der Waals surface area contributed by atoms with Crippen LogP contribution in [0, 0.1) is 0 Å². The van der Waals surface area contributed by atoms with Crippen molar-refractivity contribution in [3.05, 3.63) is 76.9 Å². The van der Waals surface area contributed by atoms with E-state index in [-0.39, 0.29) is 39.0 Å². The van der Waals surface area contributed by atoms with Gasteiger partial charge < -0.3 is 24.6 Å². The lowest BCUT2D eigenvalue weighted by Crippen LogP contribution is -2.67. The highest BCUT2D eigenvalue weighted by Gasteiger charge is 2.38. The molecule has 1 aromatic heterocycles. The van der Waals surface area contributed by atoms with Crippen LogP contribution in [0.1, 0.15) is 11.3 Å². The molecule has 0 radical (unpaired) electrons. The molecule has 2 heterocycles. The Morgan fingerprint density at radius 1 is 1.05 bits per heavy atom. The molecular formula is C25H27ClN6O6. The van der Waals surface area contributed by atoms with E-state index in [0.717, 1.165) is 10.5 Å². The Labute approximate surface area is 224 Å². The normalized spacial score (nSPS) is 15.4. The molecule has 0 bridgehead atoms. The summed E-state index contributed by atoms with van der Waals surface area (Å²) in [7, 11) is 1.49. The Bertz CT molecular complexity index is 1210. The Morgan fingerprint density at radius 2 is 1.82 bits per heavy atom. The van der Waals surface area contributed by atoms with Crippen LogP contribution < -0.4 is 15.4 Å². The minimum Gasteiger partial charge on any atom is -0.438 e. The quantitative estimate of drug-likeness (QED) is 0.232. The summed E-state index contributed by atoms with van der Waals surface area (Å²) in [5, 5.41) is 23.4. The molecule has 2 aromatic carbocycles. The fourth-order valence-corrected chi connectivity index (χ4v) is 3.69. The maximum atomic E-state index is 13.4. The third-order valence-electron chi connectivity index (χ3n) is 5.46. The lowest BCUT2D eigenvalue weighted by atomic mass is 10.2. The van der Waals surface area contributed by atoms with Crippen molar-refractivity contribution in [3.8, 4) is 11.6 Å². The minimum absolute atomic E-state index is 0.0581. The predicted molar refractivity (Wildman–Crippen MR) is 137 cm³/mol. The van der Waals surface area contributed by atoms with Crippen molar-refractivity contribution in [1.29, 1.82) is 0 Å². The molecule has 0 spiro atoms. The number of amides is 4. The zero-order valence-corrected chi connectivity index (χ0v) is 21.3. The first-order valence-corrected chi connectivity index (χ1v) is 12.0. The molecule has 3 aromatic rings. The summed E-state index contributed by atoms with van der Waals surface area (Å²) in [4.78, 5) is 28.7. The molecule has 200 valence electrons. The topological polar surface area (TPSA) is 138 Å². The number of ether oxygens (including phenoxy) is 3. The number of hydrogen-bond acceptors (Lipinski definition) is 9. The summed E-state index contributed by atoms with van der Waals surface area (Å²) in [6.07, 6.45) is -0.828. The standard InChI is InChI=1S/C25H27ClN6O6/c1-36-16-37-13-12-31-24(34)28-23(32(25(31)35)14-17-2-4-18(26)5-3-17)27-19-6-9-21(10-7-19)38-22-11-8-20(15-33)29-30-22/h2-11,23,27,33H,12-16H2,1H3,(H,28,34). The van der Waals surface area contributed by atoms with Gasteiger partial charge in [0.2, 0.25) is 5.88 Å². The molecule has 1 fully saturated rings. The van der Waals surface area contributed by atoms with E-state index in [1.54, 1.807) is 48.5 Å². The molecule has 1 unspecified atom stereocenters. The summed E-state index contributed by atoms with van der Waals surface area (Å²) in [5.41, 5.74) is 1.90. The van der Waals surface area contributed by atoms with Gasteiger partial charge in [-0.3, -0.25) is 10.2 Å². The van der Waals surface area contributed by atoms with E-state index < -0.39 is 18.4 Å². The van der Waals surface area contributed by atoms with Gasteiger partial charge in [0.15, 0.2) is 6.29 Å². The highest BCUT2D eigenvalue weighted by atomic mass is 35.5. The lowest BCUT2D eigenvalue weighted by Gasteiger charge is -2.41. The fraction of sp³-hybridized carbons (Fsp3) is 0.280. The van der Waals surface area contributed by atoms with Crippen molar-refractivity contribution in [2.45, 2.75) is 19.4 Å². The zero-order valence-electron chi connectivity index (χ0n) is 20.5. The number of nitrogens with one attached hydrogen (secondary N) is 2. The predicted octanol–water partition coefficient (Wildman–Crippen LogP) is 3.38. The Hall–Kier alpha value is -3.97. The monoisotopic (exact) mass is 542 g/mol. The maximum Gasteiger partial charge on any atom is 0.331 e. The van der Waals surface area contributed by atoms with Crippen LogP contribution >= 0.6 is 11.6 Å². The molecule has 38 heavy (non-hydrogen) atoms. The van der Waals surface area contributed by atoms with Crippen LogP contribution in [0.5, 0.6) is 11.6 Å². The van der Waals surface area contributed by atoms with E-state index in [0.29, 0.717) is 22.2 Å². The van der Waals surface area contributed by atoms with E-state index in [1.165, 1.54) is 12.0 Å². The summed E-state index contributed by atoms with van der Waals surface area (Å²) in [6, 6.07) is 16.2. The van der Waals surface area contributed by atoms with Crippen LogP contribution in [0.3, 0.4) is 0 Å². The van der Waals surface area contributed by atoms with Gasteiger partial charge in [0.25, 0.3) is 0 Å². The Kier molecular flexibility index (Phi) is 9.27. The molecule has 0 aliphatic carbocycles. The van der Waals surface area contributed by atoms with E-state index in [9.17, 15) is 9.59 Å². The van der Waals surface area contributed by atoms with Crippen LogP contribution in [-0.2, 0) is 22.6 Å². The summed E-state index contributed by atoms with van der Waals surface area (Å²) < 4.78 is 15.8. The number of methoxy groups -OCH3 is 1. The van der Waals surface area contributed by atoms with Crippen LogP contribution in [0.4, 0.5) is 15.3 Å². The number of benzene rings is 2. The molecular weight excluding hydrogens is 516 g/mol. The second kappa shape index (κ2) is 13.0. The molecule has 3 N–H and O–H groups in total. The van der Waals surface area contributed by atoms with Gasteiger partial charge in [0.1, 0.15) is 12.5 Å². The third kappa shape index (κ3) is 7.07. The van der Waals surface area contributed by atoms with Crippen molar-refractivity contribution < 1.29 is 28.9 Å². The highest BCUT2D eigenvalue weighted by Crippen LogP contribution is 2.23. The number of halogens is 1. The van der Waals surface area contributed by atoms with Gasteiger partial charge in [-0.15, -0.1) is 10.2 Å². The van der Waals surface area contributed by atoms with Gasteiger partial charge in [-0.1, -0.05) is 23.7 Å². The summed E-state index contributed by atoms with van der Waals surface area (Å²) in [6.45, 7) is 0.262. The molecule has 1 saturated heterocycles. The smallest absolute Gasteiger partial charge is 0.331 e. The number of nitrogens with zero attached hydrogens (tertiary/aromatic N) is 4. The molecule has 1 aliphatic heterocycles. The van der Waals surface area contributed by atoms with Gasteiger partial charge in [-0.05, 0) is 48.0 Å². The van der Waals surface area contributed by atoms with Crippen LogP contribution in [-0.4, -0.2) is 70.5 Å². The fourth-order valence-electron chi connectivity index (χ4n) is 3.56. The number of aromatic nitrogens is 2. The second-order valence-corrected chi connectivity index (χ2v) is 8.58. The van der Waals surface area contributed by atoms with Crippen LogP contribution in [0.15, 0.2) is 60.7 Å². The summed E-state index contributed by atoms with van der Waals surface area (Å²) >= 11 is 6.01. The number of aliphatic hydroxyl groups is 1. The molecule has 4 amide bonds. The average Bonchev–Trinajstić information content (AvgIpc) is 2.93. The van der Waals surface area contributed by atoms with E-state index in [1.807, 2.05) is 12.1 Å². The molecule has 1 atom stereocenters. The number of hydrogen-bond donors (Lipinski definition) is 3. The number of urea groups is 2. The number of carbonyl (C=O) groups is 2. The first kappa shape index (κ1) is 27.1. The number of anilines is 1. The van der Waals surface area contributed by atoms with Crippen LogP contribution in [0.2, 0.25) is 5.02 Å². The lowest BCUT2D eigenvalue weighted by molar-refractivity contribution is -0.0342. The molecule has 4 rings (SSSR count). The summed E-state index contributed by atoms with van der Waals surface area (Å²) in [5.74, 6) is 0.780. The number of imide groups is 1. The van der Waals surface area contributed by atoms with Gasteiger partial charge in [-0.2, -0.15) is 0 Å². The molecule has 1 aliphatic rings. The SMILES string of the molecule is COCOCCN1C(=O)NC(Nc2ccc(Oc3ccc(CO)nn3)cc2)N(Cc2ccc(Cl)cc2)C1=O. The first-order valence-electron chi connectivity index (χ1n) is 11.6. The van der Waals surface area contributed by atoms with E-state index in [4.69, 9.17) is 30.9 Å².